The molecule has 0 radical (unpaired) electrons. The summed E-state index contributed by atoms with van der Waals surface area (Å²) < 4.78 is 12.8. The van der Waals surface area contributed by atoms with Crippen molar-refractivity contribution in [1.82, 2.24) is 10.2 Å². The lowest BCUT2D eigenvalue weighted by molar-refractivity contribution is -0.118. The molecule has 0 aliphatic carbocycles. The number of halogens is 1. The van der Waals surface area contributed by atoms with Crippen LogP contribution in [0.1, 0.15) is 0 Å². The number of nitrogens with two attached hydrogens (primary N) is 1. The molecule has 1 fully saturated rings. The molecule has 2 rings (SSSR count). The van der Waals surface area contributed by atoms with Crippen molar-refractivity contribution in [3.05, 3.63) is 30.1 Å². The fraction of sp³-hybridized carbons (Fsp3) is 0.462. The molecular weight excluding hydrogens is 247 g/mol. The van der Waals surface area contributed by atoms with Gasteiger partial charge in [0.15, 0.2) is 0 Å². The Labute approximate surface area is 112 Å². The third kappa shape index (κ3) is 3.99. The lowest BCUT2D eigenvalue weighted by Gasteiger charge is -2.34. The van der Waals surface area contributed by atoms with Gasteiger partial charge < -0.3 is 16.4 Å². The van der Waals surface area contributed by atoms with Crippen LogP contribution in [0.4, 0.5) is 10.1 Å². The highest BCUT2D eigenvalue weighted by Gasteiger charge is 2.22. The molecule has 1 saturated heterocycles. The van der Waals surface area contributed by atoms with Gasteiger partial charge in [-0.1, -0.05) is 0 Å². The fourth-order valence-electron chi connectivity index (χ4n) is 2.16. The van der Waals surface area contributed by atoms with Gasteiger partial charge in [-0.25, -0.2) is 4.39 Å². The molecule has 1 aliphatic heterocycles. The average Bonchev–Trinajstić information content (AvgIpc) is 2.42. The topological polar surface area (TPSA) is 70.4 Å². The predicted molar refractivity (Wildman–Crippen MR) is 72.3 cm³/mol. The van der Waals surface area contributed by atoms with Crippen molar-refractivity contribution in [3.63, 3.8) is 0 Å². The molecule has 1 heterocycles. The van der Waals surface area contributed by atoms with E-state index in [0.717, 1.165) is 19.6 Å². The molecule has 1 aromatic rings. The first-order chi connectivity index (χ1) is 9.19. The maximum absolute atomic E-state index is 12.8. The molecule has 6 heteroatoms. The second-order valence-electron chi connectivity index (χ2n) is 4.62. The number of carbonyl (C=O) groups excluding carboxylic acids is 1. The summed E-state index contributed by atoms with van der Waals surface area (Å²) in [6, 6.07) is 5.93. The van der Waals surface area contributed by atoms with Crippen molar-refractivity contribution in [1.29, 1.82) is 0 Å². The second-order valence-corrected chi connectivity index (χ2v) is 4.62. The summed E-state index contributed by atoms with van der Waals surface area (Å²) in [5, 5.41) is 6.00. The minimum absolute atomic E-state index is 0.105. The Balaban J connectivity index is 1.88. The first-order valence-corrected chi connectivity index (χ1v) is 6.39. The van der Waals surface area contributed by atoms with Crippen LogP contribution in [0.5, 0.6) is 0 Å². The van der Waals surface area contributed by atoms with E-state index in [0.29, 0.717) is 18.8 Å². The normalized spacial score (nSPS) is 20.2. The number of anilines is 1. The molecule has 4 N–H and O–H groups in total. The van der Waals surface area contributed by atoms with Gasteiger partial charge in [0.1, 0.15) is 5.82 Å². The van der Waals surface area contributed by atoms with Crippen LogP contribution in [-0.4, -0.2) is 49.6 Å². The number of amides is 1. The molecule has 1 aliphatic rings. The number of nitrogens with zero attached hydrogens (tertiary/aromatic N) is 1. The van der Waals surface area contributed by atoms with Gasteiger partial charge in [0.25, 0.3) is 0 Å². The SMILES string of the molecule is NCC1CNCCN1CC(=O)Nc1ccc(F)cc1. The van der Waals surface area contributed by atoms with Gasteiger partial charge in [-0.2, -0.15) is 0 Å². The monoisotopic (exact) mass is 266 g/mol. The smallest absolute Gasteiger partial charge is 0.238 e. The Bertz CT molecular complexity index is 423. The van der Waals surface area contributed by atoms with Crippen LogP contribution in [-0.2, 0) is 4.79 Å². The summed E-state index contributed by atoms with van der Waals surface area (Å²) in [6.07, 6.45) is 0. The van der Waals surface area contributed by atoms with Crippen molar-refractivity contribution in [2.75, 3.05) is 38.0 Å². The largest absolute Gasteiger partial charge is 0.329 e. The third-order valence-corrected chi connectivity index (χ3v) is 3.22. The Morgan fingerprint density at radius 1 is 1.47 bits per heavy atom. The summed E-state index contributed by atoms with van der Waals surface area (Å²) in [6.45, 7) is 3.30. The van der Waals surface area contributed by atoms with Crippen molar-refractivity contribution in [2.45, 2.75) is 6.04 Å². The lowest BCUT2D eigenvalue weighted by Crippen LogP contribution is -2.56. The Morgan fingerprint density at radius 2 is 2.21 bits per heavy atom. The van der Waals surface area contributed by atoms with Gasteiger partial charge in [0, 0.05) is 37.9 Å². The van der Waals surface area contributed by atoms with Crippen molar-refractivity contribution < 1.29 is 9.18 Å². The standard InChI is InChI=1S/C13H19FN4O/c14-10-1-3-11(4-2-10)17-13(19)9-18-6-5-16-8-12(18)7-15/h1-4,12,16H,5-9,15H2,(H,17,19). The van der Waals surface area contributed by atoms with Crippen LogP contribution < -0.4 is 16.4 Å². The highest BCUT2D eigenvalue weighted by molar-refractivity contribution is 5.92. The van der Waals surface area contributed by atoms with Crippen molar-refractivity contribution in [2.24, 2.45) is 5.73 Å². The van der Waals surface area contributed by atoms with E-state index in [1.54, 1.807) is 12.1 Å². The summed E-state index contributed by atoms with van der Waals surface area (Å²) in [7, 11) is 0. The zero-order valence-electron chi connectivity index (χ0n) is 10.7. The van der Waals surface area contributed by atoms with Crippen LogP contribution in [0.25, 0.3) is 0 Å². The van der Waals surface area contributed by atoms with Gasteiger partial charge in [-0.3, -0.25) is 9.69 Å². The van der Waals surface area contributed by atoms with Crippen molar-refractivity contribution >= 4 is 11.6 Å². The van der Waals surface area contributed by atoms with E-state index in [1.165, 1.54) is 12.1 Å². The first-order valence-electron chi connectivity index (χ1n) is 6.39. The molecule has 1 aromatic carbocycles. The molecule has 1 unspecified atom stereocenters. The highest BCUT2D eigenvalue weighted by atomic mass is 19.1. The van der Waals surface area contributed by atoms with Gasteiger partial charge in [0.05, 0.1) is 6.54 Å². The van der Waals surface area contributed by atoms with Crippen LogP contribution in [0.2, 0.25) is 0 Å². The Kier molecular flexibility index (Phi) is 4.84. The maximum Gasteiger partial charge on any atom is 0.238 e. The molecular formula is C13H19FN4O. The second kappa shape index (κ2) is 6.60. The van der Waals surface area contributed by atoms with E-state index < -0.39 is 0 Å². The molecule has 0 saturated carbocycles. The number of piperazine rings is 1. The molecule has 0 spiro atoms. The number of benzene rings is 1. The summed E-state index contributed by atoms with van der Waals surface area (Å²) >= 11 is 0. The van der Waals surface area contributed by atoms with Crippen LogP contribution in [0.3, 0.4) is 0 Å². The minimum Gasteiger partial charge on any atom is -0.329 e. The zero-order chi connectivity index (χ0) is 13.7. The van der Waals surface area contributed by atoms with Gasteiger partial charge >= 0.3 is 0 Å². The molecule has 104 valence electrons. The summed E-state index contributed by atoms with van der Waals surface area (Å²) in [4.78, 5) is 14.0. The summed E-state index contributed by atoms with van der Waals surface area (Å²) in [5.74, 6) is -0.421. The summed E-state index contributed by atoms with van der Waals surface area (Å²) in [5.41, 5.74) is 6.29. The van der Waals surface area contributed by atoms with E-state index in [-0.39, 0.29) is 17.8 Å². The fourth-order valence-corrected chi connectivity index (χ4v) is 2.16. The minimum atomic E-state index is -0.316. The van der Waals surface area contributed by atoms with E-state index in [9.17, 15) is 9.18 Å². The lowest BCUT2D eigenvalue weighted by atomic mass is 10.2. The Morgan fingerprint density at radius 3 is 2.89 bits per heavy atom. The van der Waals surface area contributed by atoms with E-state index >= 15 is 0 Å². The third-order valence-electron chi connectivity index (χ3n) is 3.22. The quantitative estimate of drug-likeness (QED) is 0.717. The van der Waals surface area contributed by atoms with Gasteiger partial charge in [-0.15, -0.1) is 0 Å². The average molecular weight is 266 g/mol. The molecule has 0 aromatic heterocycles. The Hall–Kier alpha value is -1.50. The molecule has 1 amide bonds. The zero-order valence-corrected chi connectivity index (χ0v) is 10.7. The number of carbonyl (C=O) groups is 1. The van der Waals surface area contributed by atoms with Gasteiger partial charge in [-0.05, 0) is 24.3 Å². The molecule has 19 heavy (non-hydrogen) atoms. The highest BCUT2D eigenvalue weighted by Crippen LogP contribution is 2.09. The number of hydrogen-bond acceptors (Lipinski definition) is 4. The van der Waals surface area contributed by atoms with E-state index in [4.69, 9.17) is 5.73 Å². The maximum atomic E-state index is 12.8. The van der Waals surface area contributed by atoms with Crippen LogP contribution >= 0.6 is 0 Å². The van der Waals surface area contributed by atoms with Crippen molar-refractivity contribution in [3.8, 4) is 0 Å². The van der Waals surface area contributed by atoms with Crippen LogP contribution in [0, 0.1) is 5.82 Å². The van der Waals surface area contributed by atoms with E-state index in [1.807, 2.05) is 0 Å². The first kappa shape index (κ1) is 13.9. The molecule has 1 atom stereocenters. The number of hydrogen-bond donors (Lipinski definition) is 3. The predicted octanol–water partition coefficient (Wildman–Crippen LogP) is -0.00330. The molecule has 0 bridgehead atoms. The van der Waals surface area contributed by atoms with E-state index in [2.05, 4.69) is 15.5 Å². The van der Waals surface area contributed by atoms with Gasteiger partial charge in [0.2, 0.25) is 5.91 Å². The number of nitrogens with one attached hydrogen (secondary N) is 2. The number of rotatable bonds is 4. The van der Waals surface area contributed by atoms with Crippen LogP contribution in [0.15, 0.2) is 24.3 Å². The molecule has 5 nitrogen and oxygen atoms in total.